The lowest BCUT2D eigenvalue weighted by Gasteiger charge is -2.20. The minimum Gasteiger partial charge on any atom is -0.491 e. The summed E-state index contributed by atoms with van der Waals surface area (Å²) in [6, 6.07) is 7.17. The Morgan fingerprint density at radius 1 is 1.41 bits per heavy atom. The predicted octanol–water partition coefficient (Wildman–Crippen LogP) is 1.28. The first-order chi connectivity index (χ1) is 8.18. The van der Waals surface area contributed by atoms with Crippen LogP contribution in [0.2, 0.25) is 0 Å². The summed E-state index contributed by atoms with van der Waals surface area (Å²) in [6.45, 7) is 0.508. The molecule has 0 spiro atoms. The van der Waals surface area contributed by atoms with Gasteiger partial charge >= 0.3 is 5.97 Å². The van der Waals surface area contributed by atoms with E-state index in [1.54, 1.807) is 18.2 Å². The maximum absolute atomic E-state index is 11.8. The lowest BCUT2D eigenvalue weighted by molar-refractivity contribution is -0.136. The first-order valence-electron chi connectivity index (χ1n) is 5.42. The van der Waals surface area contributed by atoms with E-state index in [1.165, 1.54) is 4.90 Å². The fraction of sp³-hybridized carbons (Fsp3) is 0.333. The van der Waals surface area contributed by atoms with Crippen LogP contribution in [-0.4, -0.2) is 30.1 Å². The molecule has 90 valence electrons. The second-order valence-electron chi connectivity index (χ2n) is 3.76. The molecule has 0 fully saturated rings. The molecule has 5 nitrogen and oxygen atoms in total. The van der Waals surface area contributed by atoms with Crippen LogP contribution in [0.15, 0.2) is 24.3 Å². The molecule has 0 aromatic heterocycles. The van der Waals surface area contributed by atoms with E-state index in [2.05, 4.69) is 0 Å². The molecule has 5 heteroatoms. The molecule has 0 unspecified atom stereocenters. The van der Waals surface area contributed by atoms with E-state index in [9.17, 15) is 9.59 Å². The number of anilines is 1. The lowest BCUT2D eigenvalue weighted by atomic mass is 10.2. The van der Waals surface area contributed by atoms with Crippen molar-refractivity contribution in [2.75, 3.05) is 18.1 Å². The minimum absolute atomic E-state index is 0.0694. The van der Waals surface area contributed by atoms with Gasteiger partial charge in [-0.15, -0.1) is 0 Å². The van der Waals surface area contributed by atoms with E-state index in [0.717, 1.165) is 0 Å². The molecule has 1 aromatic carbocycles. The summed E-state index contributed by atoms with van der Waals surface area (Å²) in [6.07, 6.45) is 0.203. The van der Waals surface area contributed by atoms with Crippen LogP contribution in [0.4, 0.5) is 5.69 Å². The Morgan fingerprint density at radius 2 is 2.18 bits per heavy atom. The van der Waals surface area contributed by atoms with E-state index in [-0.39, 0.29) is 25.3 Å². The number of para-hydroxylation sites is 2. The molecule has 0 saturated carbocycles. The van der Waals surface area contributed by atoms with Crippen molar-refractivity contribution in [2.45, 2.75) is 12.8 Å². The summed E-state index contributed by atoms with van der Waals surface area (Å²) >= 11 is 0. The van der Waals surface area contributed by atoms with Crippen LogP contribution < -0.4 is 9.64 Å². The topological polar surface area (TPSA) is 66.8 Å². The number of nitrogens with zero attached hydrogens (tertiary/aromatic N) is 1. The third kappa shape index (κ3) is 2.55. The molecule has 1 aliphatic heterocycles. The van der Waals surface area contributed by atoms with Crippen molar-refractivity contribution in [3.8, 4) is 5.75 Å². The maximum Gasteiger partial charge on any atom is 0.305 e. The van der Waals surface area contributed by atoms with Gasteiger partial charge in [0.2, 0.25) is 5.91 Å². The fourth-order valence-electron chi connectivity index (χ4n) is 1.77. The Bertz CT molecular complexity index is 444. The Balaban J connectivity index is 2.27. The average molecular weight is 235 g/mol. The standard InChI is InChI=1S/C12H13NO4/c14-11-6-8-17-10-4-2-1-3-9(10)13(11)7-5-12(15)16/h1-4H,5-8H2,(H,15,16). The summed E-state index contributed by atoms with van der Waals surface area (Å²) < 4.78 is 5.45. The van der Waals surface area contributed by atoms with Gasteiger partial charge in [0.1, 0.15) is 5.75 Å². The number of ether oxygens (including phenoxy) is 1. The maximum atomic E-state index is 11.8. The third-order valence-electron chi connectivity index (χ3n) is 2.58. The molecule has 2 rings (SSSR count). The van der Waals surface area contributed by atoms with E-state index in [0.29, 0.717) is 18.0 Å². The smallest absolute Gasteiger partial charge is 0.305 e. The highest BCUT2D eigenvalue weighted by molar-refractivity contribution is 5.96. The lowest BCUT2D eigenvalue weighted by Crippen LogP contribution is -2.32. The van der Waals surface area contributed by atoms with E-state index >= 15 is 0 Å². The van der Waals surface area contributed by atoms with Crippen LogP contribution >= 0.6 is 0 Å². The van der Waals surface area contributed by atoms with Gasteiger partial charge in [-0.1, -0.05) is 12.1 Å². The monoisotopic (exact) mass is 235 g/mol. The van der Waals surface area contributed by atoms with E-state index in [1.807, 2.05) is 6.07 Å². The summed E-state index contributed by atoms with van der Waals surface area (Å²) in [5, 5.41) is 8.68. The van der Waals surface area contributed by atoms with Crippen molar-refractivity contribution in [2.24, 2.45) is 0 Å². The molecule has 1 heterocycles. The number of fused-ring (bicyclic) bond motifs is 1. The third-order valence-corrected chi connectivity index (χ3v) is 2.58. The molecule has 0 aliphatic carbocycles. The summed E-state index contributed by atoms with van der Waals surface area (Å²) in [7, 11) is 0. The Hall–Kier alpha value is -2.04. The number of hydrogen-bond donors (Lipinski definition) is 1. The van der Waals surface area contributed by atoms with Gasteiger partial charge in [-0.2, -0.15) is 0 Å². The number of hydrogen-bond acceptors (Lipinski definition) is 3. The number of carbonyl (C=O) groups excluding carboxylic acids is 1. The Labute approximate surface area is 98.6 Å². The quantitative estimate of drug-likeness (QED) is 0.856. The highest BCUT2D eigenvalue weighted by Gasteiger charge is 2.23. The van der Waals surface area contributed by atoms with Gasteiger partial charge in [-0.25, -0.2) is 0 Å². The fourth-order valence-corrected chi connectivity index (χ4v) is 1.77. The molecular formula is C12H13NO4. The summed E-state index contributed by atoms with van der Waals surface area (Å²) in [5.41, 5.74) is 0.649. The number of carboxylic acid groups (broad SMARTS) is 1. The number of carbonyl (C=O) groups is 2. The average Bonchev–Trinajstić information content (AvgIpc) is 2.45. The number of amides is 1. The van der Waals surface area contributed by atoms with Crippen molar-refractivity contribution < 1.29 is 19.4 Å². The van der Waals surface area contributed by atoms with Gasteiger partial charge in [0.05, 0.1) is 25.1 Å². The summed E-state index contributed by atoms with van der Waals surface area (Å²) in [5.74, 6) is -0.389. The van der Waals surface area contributed by atoms with Crippen LogP contribution in [0.3, 0.4) is 0 Å². The first kappa shape index (κ1) is 11.4. The van der Waals surface area contributed by atoms with Crippen LogP contribution in [0.25, 0.3) is 0 Å². The molecule has 1 amide bonds. The van der Waals surface area contributed by atoms with Crippen LogP contribution in [0.5, 0.6) is 5.75 Å². The molecule has 1 aliphatic rings. The van der Waals surface area contributed by atoms with Crippen molar-refractivity contribution in [3.63, 3.8) is 0 Å². The van der Waals surface area contributed by atoms with Gasteiger partial charge in [-0.3, -0.25) is 9.59 Å². The normalized spacial score (nSPS) is 14.8. The highest BCUT2D eigenvalue weighted by Crippen LogP contribution is 2.30. The predicted molar refractivity (Wildman–Crippen MR) is 61.2 cm³/mol. The van der Waals surface area contributed by atoms with Gasteiger partial charge in [0, 0.05) is 6.54 Å². The number of rotatable bonds is 3. The zero-order chi connectivity index (χ0) is 12.3. The van der Waals surface area contributed by atoms with Crippen LogP contribution in [0.1, 0.15) is 12.8 Å². The second kappa shape index (κ2) is 4.86. The first-order valence-corrected chi connectivity index (χ1v) is 5.42. The molecule has 0 saturated heterocycles. The largest absolute Gasteiger partial charge is 0.491 e. The van der Waals surface area contributed by atoms with Crippen molar-refractivity contribution >= 4 is 17.6 Å². The van der Waals surface area contributed by atoms with Crippen molar-refractivity contribution in [1.82, 2.24) is 0 Å². The minimum atomic E-state index is -0.916. The highest BCUT2D eigenvalue weighted by atomic mass is 16.5. The molecule has 0 bridgehead atoms. The number of carboxylic acids is 1. The molecule has 1 N–H and O–H groups in total. The van der Waals surface area contributed by atoms with Gasteiger partial charge < -0.3 is 14.7 Å². The number of aliphatic carboxylic acids is 1. The SMILES string of the molecule is O=C(O)CCN1C(=O)CCOc2ccccc21. The molecule has 0 atom stereocenters. The van der Waals surface area contributed by atoms with Crippen LogP contribution in [0, 0.1) is 0 Å². The van der Waals surface area contributed by atoms with Gasteiger partial charge in [0.25, 0.3) is 0 Å². The second-order valence-corrected chi connectivity index (χ2v) is 3.76. The zero-order valence-electron chi connectivity index (χ0n) is 9.26. The summed E-state index contributed by atoms with van der Waals surface area (Å²) in [4.78, 5) is 23.9. The van der Waals surface area contributed by atoms with E-state index < -0.39 is 5.97 Å². The number of benzene rings is 1. The Morgan fingerprint density at radius 3 is 2.94 bits per heavy atom. The molecule has 17 heavy (non-hydrogen) atoms. The van der Waals surface area contributed by atoms with Crippen LogP contribution in [-0.2, 0) is 9.59 Å². The zero-order valence-corrected chi connectivity index (χ0v) is 9.26. The Kier molecular flexibility index (Phi) is 3.27. The van der Waals surface area contributed by atoms with Gasteiger partial charge in [0.15, 0.2) is 0 Å². The van der Waals surface area contributed by atoms with Crippen molar-refractivity contribution in [3.05, 3.63) is 24.3 Å². The van der Waals surface area contributed by atoms with Crippen molar-refractivity contribution in [1.29, 1.82) is 0 Å². The molecular weight excluding hydrogens is 222 g/mol. The van der Waals surface area contributed by atoms with Gasteiger partial charge in [-0.05, 0) is 12.1 Å². The molecule has 0 radical (unpaired) electrons. The van der Waals surface area contributed by atoms with E-state index in [4.69, 9.17) is 9.84 Å². The molecule has 1 aromatic rings.